The summed E-state index contributed by atoms with van der Waals surface area (Å²) < 4.78 is 15.8. The molecular weight excluding hydrogens is 445 g/mol. The number of nitrogens with one attached hydrogen (secondary N) is 1. The minimum Gasteiger partial charge on any atom is -0.325 e. The van der Waals surface area contributed by atoms with Gasteiger partial charge in [0.1, 0.15) is 5.82 Å². The van der Waals surface area contributed by atoms with Crippen molar-refractivity contribution in [2.24, 2.45) is 0 Å². The standard InChI is InChI=1S/C19H13BrFN5OS/c20-13-6-4-12(5-7-13)16-8-9-17-23-24-19(26(17)25-16)28-11-18(27)22-15-3-1-2-14(21)10-15/h1-10H,11H2,(H,22,27). The molecule has 4 rings (SSSR count). The first kappa shape index (κ1) is 18.6. The Balaban J connectivity index is 1.50. The van der Waals surface area contributed by atoms with Crippen LogP contribution in [0.2, 0.25) is 0 Å². The van der Waals surface area contributed by atoms with Gasteiger partial charge in [-0.05, 0) is 42.5 Å². The predicted molar refractivity (Wildman–Crippen MR) is 110 cm³/mol. The van der Waals surface area contributed by atoms with Gasteiger partial charge in [0, 0.05) is 15.7 Å². The summed E-state index contributed by atoms with van der Waals surface area (Å²) in [5, 5.41) is 15.9. The van der Waals surface area contributed by atoms with Crippen molar-refractivity contribution in [2.75, 3.05) is 11.1 Å². The molecule has 1 amide bonds. The number of rotatable bonds is 5. The van der Waals surface area contributed by atoms with Crippen molar-refractivity contribution in [3.8, 4) is 11.3 Å². The van der Waals surface area contributed by atoms with Crippen molar-refractivity contribution < 1.29 is 9.18 Å². The summed E-state index contributed by atoms with van der Waals surface area (Å²) in [4.78, 5) is 12.1. The number of aromatic nitrogens is 4. The Bertz CT molecular complexity index is 1150. The number of thioether (sulfide) groups is 1. The summed E-state index contributed by atoms with van der Waals surface area (Å²) in [7, 11) is 0. The predicted octanol–water partition coefficient (Wildman–Crippen LogP) is 4.42. The number of hydrogen-bond donors (Lipinski definition) is 1. The maximum atomic E-state index is 13.2. The largest absolute Gasteiger partial charge is 0.325 e. The topological polar surface area (TPSA) is 72.2 Å². The molecule has 0 aliphatic carbocycles. The van der Waals surface area contributed by atoms with Crippen LogP contribution in [-0.2, 0) is 4.79 Å². The quantitative estimate of drug-likeness (QED) is 0.449. The number of nitrogens with zero attached hydrogens (tertiary/aromatic N) is 4. The highest BCUT2D eigenvalue weighted by molar-refractivity contribution is 9.10. The van der Waals surface area contributed by atoms with Gasteiger partial charge in [0.15, 0.2) is 5.65 Å². The Hall–Kier alpha value is -2.78. The molecule has 9 heteroatoms. The molecule has 0 atom stereocenters. The van der Waals surface area contributed by atoms with E-state index in [2.05, 4.69) is 36.5 Å². The van der Waals surface area contributed by atoms with E-state index in [4.69, 9.17) is 0 Å². The van der Waals surface area contributed by atoms with Gasteiger partial charge in [-0.2, -0.15) is 9.61 Å². The molecule has 0 aliphatic heterocycles. The van der Waals surface area contributed by atoms with Crippen LogP contribution in [0.3, 0.4) is 0 Å². The van der Waals surface area contributed by atoms with Crippen LogP contribution in [0.15, 0.2) is 70.3 Å². The fourth-order valence-corrected chi connectivity index (χ4v) is 3.48. The van der Waals surface area contributed by atoms with E-state index in [1.54, 1.807) is 10.6 Å². The van der Waals surface area contributed by atoms with Crippen LogP contribution in [0.25, 0.3) is 16.9 Å². The first-order valence-electron chi connectivity index (χ1n) is 8.25. The monoisotopic (exact) mass is 457 g/mol. The molecule has 0 fully saturated rings. The molecule has 140 valence electrons. The van der Waals surface area contributed by atoms with Crippen LogP contribution in [0.4, 0.5) is 10.1 Å². The van der Waals surface area contributed by atoms with E-state index in [0.29, 0.717) is 16.5 Å². The summed E-state index contributed by atoms with van der Waals surface area (Å²) in [6, 6.07) is 17.3. The fourth-order valence-electron chi connectivity index (χ4n) is 2.53. The zero-order valence-electron chi connectivity index (χ0n) is 14.3. The van der Waals surface area contributed by atoms with Crippen LogP contribution >= 0.6 is 27.7 Å². The van der Waals surface area contributed by atoms with Crippen molar-refractivity contribution >= 4 is 44.9 Å². The molecule has 2 aromatic carbocycles. The minimum absolute atomic E-state index is 0.0987. The van der Waals surface area contributed by atoms with Gasteiger partial charge in [-0.15, -0.1) is 10.2 Å². The van der Waals surface area contributed by atoms with Crippen molar-refractivity contribution in [3.05, 3.63) is 71.0 Å². The third-order valence-corrected chi connectivity index (χ3v) is 5.26. The van der Waals surface area contributed by atoms with E-state index in [1.165, 1.54) is 30.0 Å². The molecule has 0 saturated heterocycles. The lowest BCUT2D eigenvalue weighted by molar-refractivity contribution is -0.113. The zero-order valence-corrected chi connectivity index (χ0v) is 16.7. The summed E-state index contributed by atoms with van der Waals surface area (Å²) in [6.45, 7) is 0. The van der Waals surface area contributed by atoms with Gasteiger partial charge in [-0.25, -0.2) is 4.39 Å². The van der Waals surface area contributed by atoms with Crippen molar-refractivity contribution in [1.82, 2.24) is 19.8 Å². The van der Waals surface area contributed by atoms with Crippen LogP contribution < -0.4 is 5.32 Å². The third-order valence-electron chi connectivity index (χ3n) is 3.81. The normalized spacial score (nSPS) is 10.9. The molecule has 0 bridgehead atoms. The Kier molecular flexibility index (Phi) is 5.36. The maximum absolute atomic E-state index is 13.2. The minimum atomic E-state index is -0.404. The van der Waals surface area contributed by atoms with Gasteiger partial charge in [0.05, 0.1) is 11.4 Å². The molecule has 0 radical (unpaired) electrons. The Morgan fingerprint density at radius 1 is 1.11 bits per heavy atom. The summed E-state index contributed by atoms with van der Waals surface area (Å²) in [6.07, 6.45) is 0. The van der Waals surface area contributed by atoms with Crippen LogP contribution in [0, 0.1) is 5.82 Å². The second-order valence-corrected chi connectivity index (χ2v) is 7.68. The second kappa shape index (κ2) is 8.07. The summed E-state index contributed by atoms with van der Waals surface area (Å²) in [5.74, 6) is -0.573. The summed E-state index contributed by atoms with van der Waals surface area (Å²) in [5.41, 5.74) is 2.73. The smallest absolute Gasteiger partial charge is 0.234 e. The van der Waals surface area contributed by atoms with E-state index >= 15 is 0 Å². The van der Waals surface area contributed by atoms with E-state index in [-0.39, 0.29) is 11.7 Å². The summed E-state index contributed by atoms with van der Waals surface area (Å²) >= 11 is 4.63. The average Bonchev–Trinajstić information content (AvgIpc) is 3.09. The number of carbonyl (C=O) groups excluding carboxylic acids is 1. The maximum Gasteiger partial charge on any atom is 0.234 e. The number of halogens is 2. The zero-order chi connectivity index (χ0) is 19.5. The van der Waals surface area contributed by atoms with E-state index in [9.17, 15) is 9.18 Å². The van der Waals surface area contributed by atoms with Gasteiger partial charge in [-0.3, -0.25) is 4.79 Å². The van der Waals surface area contributed by atoms with Gasteiger partial charge in [-0.1, -0.05) is 45.9 Å². The SMILES string of the molecule is O=C(CSc1nnc2ccc(-c3ccc(Br)cc3)nn12)Nc1cccc(F)c1. The van der Waals surface area contributed by atoms with Crippen LogP contribution in [0.1, 0.15) is 0 Å². The average molecular weight is 458 g/mol. The first-order valence-corrected chi connectivity index (χ1v) is 10.0. The highest BCUT2D eigenvalue weighted by Gasteiger charge is 2.12. The first-order chi connectivity index (χ1) is 13.6. The lowest BCUT2D eigenvalue weighted by Crippen LogP contribution is -2.14. The molecule has 6 nitrogen and oxygen atoms in total. The molecule has 0 spiro atoms. The van der Waals surface area contributed by atoms with Gasteiger partial charge in [0.25, 0.3) is 0 Å². The number of anilines is 1. The van der Waals surface area contributed by atoms with Crippen LogP contribution in [-0.4, -0.2) is 31.5 Å². The molecule has 2 aromatic heterocycles. The van der Waals surface area contributed by atoms with E-state index in [0.717, 1.165) is 15.7 Å². The highest BCUT2D eigenvalue weighted by Crippen LogP contribution is 2.22. The molecule has 1 N–H and O–H groups in total. The number of carbonyl (C=O) groups is 1. The molecule has 0 aliphatic rings. The Labute approximate surface area is 172 Å². The highest BCUT2D eigenvalue weighted by atomic mass is 79.9. The lowest BCUT2D eigenvalue weighted by Gasteiger charge is -2.05. The molecular formula is C19H13BrFN5OS. The van der Waals surface area contributed by atoms with Gasteiger partial charge < -0.3 is 5.32 Å². The van der Waals surface area contributed by atoms with Crippen molar-refractivity contribution in [2.45, 2.75) is 5.16 Å². The Morgan fingerprint density at radius 2 is 1.93 bits per heavy atom. The molecule has 28 heavy (non-hydrogen) atoms. The van der Waals surface area contributed by atoms with Gasteiger partial charge >= 0.3 is 0 Å². The lowest BCUT2D eigenvalue weighted by atomic mass is 10.1. The number of hydrogen-bond acceptors (Lipinski definition) is 5. The number of amides is 1. The van der Waals surface area contributed by atoms with Gasteiger partial charge in [0.2, 0.25) is 11.1 Å². The van der Waals surface area contributed by atoms with Crippen molar-refractivity contribution in [3.63, 3.8) is 0 Å². The van der Waals surface area contributed by atoms with E-state index < -0.39 is 5.82 Å². The molecule has 2 heterocycles. The van der Waals surface area contributed by atoms with Crippen molar-refractivity contribution in [1.29, 1.82) is 0 Å². The molecule has 0 saturated carbocycles. The third kappa shape index (κ3) is 4.20. The molecule has 4 aromatic rings. The molecule has 0 unspecified atom stereocenters. The fraction of sp³-hybridized carbons (Fsp3) is 0.0526. The second-order valence-electron chi connectivity index (χ2n) is 5.83. The van der Waals surface area contributed by atoms with Crippen LogP contribution in [0.5, 0.6) is 0 Å². The number of benzene rings is 2. The number of fused-ring (bicyclic) bond motifs is 1. The Morgan fingerprint density at radius 3 is 2.71 bits per heavy atom. The van der Waals surface area contributed by atoms with E-state index in [1.807, 2.05) is 36.4 Å².